The monoisotopic (exact) mass is 166 g/mol. The average molecular weight is 166 g/mol. The Balaban J connectivity index is 4.02. The molecule has 0 heterocycles. The minimum absolute atomic E-state index is 0.373. The van der Waals surface area contributed by atoms with Crippen molar-refractivity contribution < 1.29 is 19.3 Å². The summed E-state index contributed by atoms with van der Waals surface area (Å²) in [6, 6.07) is 0. The average Bonchev–Trinajstić information content (AvgIpc) is 2.01. The standard InChI is InChI=1S/C5H14O4Si/c1-7-4(10)5(6,8-2)9-3/h4,6H,1-3,10H3. The van der Waals surface area contributed by atoms with Gasteiger partial charge in [-0.25, -0.2) is 0 Å². The zero-order valence-electron chi connectivity index (χ0n) is 6.75. The highest BCUT2D eigenvalue weighted by molar-refractivity contribution is 6.11. The van der Waals surface area contributed by atoms with Gasteiger partial charge < -0.3 is 19.3 Å². The van der Waals surface area contributed by atoms with Crippen molar-refractivity contribution in [3.05, 3.63) is 0 Å². The van der Waals surface area contributed by atoms with E-state index in [9.17, 15) is 5.11 Å². The highest BCUT2D eigenvalue weighted by Crippen LogP contribution is 2.11. The van der Waals surface area contributed by atoms with Crippen LogP contribution in [0.4, 0.5) is 0 Å². The van der Waals surface area contributed by atoms with Gasteiger partial charge in [0.15, 0.2) is 0 Å². The highest BCUT2D eigenvalue weighted by atomic mass is 28.1. The summed E-state index contributed by atoms with van der Waals surface area (Å²) in [7, 11) is 4.88. The van der Waals surface area contributed by atoms with Crippen molar-refractivity contribution >= 4 is 10.2 Å². The molecule has 10 heavy (non-hydrogen) atoms. The van der Waals surface area contributed by atoms with Gasteiger partial charge >= 0.3 is 5.97 Å². The number of rotatable bonds is 4. The van der Waals surface area contributed by atoms with Crippen LogP contribution in [0.3, 0.4) is 0 Å². The van der Waals surface area contributed by atoms with E-state index in [1.165, 1.54) is 21.3 Å². The third kappa shape index (κ3) is 2.03. The molecule has 0 saturated carbocycles. The molecule has 0 spiro atoms. The topological polar surface area (TPSA) is 47.9 Å². The molecule has 1 unspecified atom stereocenters. The first-order chi connectivity index (χ1) is 4.60. The summed E-state index contributed by atoms with van der Waals surface area (Å²) >= 11 is 0. The van der Waals surface area contributed by atoms with E-state index in [0.29, 0.717) is 10.2 Å². The Morgan fingerprint density at radius 1 is 1.30 bits per heavy atom. The van der Waals surface area contributed by atoms with E-state index in [4.69, 9.17) is 4.74 Å². The summed E-state index contributed by atoms with van der Waals surface area (Å²) in [5.41, 5.74) is -0.373. The van der Waals surface area contributed by atoms with Crippen LogP contribution in [0.2, 0.25) is 0 Å². The summed E-state index contributed by atoms with van der Waals surface area (Å²) < 4.78 is 14.2. The molecule has 0 amide bonds. The molecule has 0 aliphatic rings. The van der Waals surface area contributed by atoms with E-state index >= 15 is 0 Å². The summed E-state index contributed by atoms with van der Waals surface area (Å²) in [5.74, 6) is -1.57. The lowest BCUT2D eigenvalue weighted by Gasteiger charge is -2.29. The SMILES string of the molecule is COC([SiH3])C(O)(OC)OC. The molecule has 0 aromatic heterocycles. The maximum Gasteiger partial charge on any atom is 0.303 e. The van der Waals surface area contributed by atoms with Gasteiger partial charge in [-0.2, -0.15) is 0 Å². The minimum atomic E-state index is -1.57. The van der Waals surface area contributed by atoms with Gasteiger partial charge in [0.1, 0.15) is 5.73 Å². The van der Waals surface area contributed by atoms with Gasteiger partial charge in [-0.3, -0.25) is 0 Å². The Kier molecular flexibility index (Phi) is 4.07. The number of ether oxygens (including phenoxy) is 3. The van der Waals surface area contributed by atoms with Crippen LogP contribution < -0.4 is 0 Å². The predicted octanol–water partition coefficient (Wildman–Crippen LogP) is -1.74. The van der Waals surface area contributed by atoms with E-state index in [-0.39, 0.29) is 5.73 Å². The molecule has 5 heteroatoms. The van der Waals surface area contributed by atoms with Crippen LogP contribution in [-0.4, -0.2) is 48.4 Å². The second-order valence-electron chi connectivity index (χ2n) is 1.92. The zero-order valence-corrected chi connectivity index (χ0v) is 8.75. The lowest BCUT2D eigenvalue weighted by Crippen LogP contribution is -2.47. The van der Waals surface area contributed by atoms with Crippen molar-refractivity contribution in [2.45, 2.75) is 11.7 Å². The summed E-state index contributed by atoms with van der Waals surface area (Å²) in [4.78, 5) is 0. The third-order valence-electron chi connectivity index (χ3n) is 1.45. The summed E-state index contributed by atoms with van der Waals surface area (Å²) in [5, 5.41) is 9.36. The molecule has 0 aromatic rings. The molecule has 1 atom stereocenters. The van der Waals surface area contributed by atoms with Gasteiger partial charge in [0, 0.05) is 31.6 Å². The summed E-state index contributed by atoms with van der Waals surface area (Å²) in [6.45, 7) is 0. The van der Waals surface area contributed by atoms with Crippen molar-refractivity contribution in [3.63, 3.8) is 0 Å². The van der Waals surface area contributed by atoms with Crippen LogP contribution in [-0.2, 0) is 14.2 Å². The lowest BCUT2D eigenvalue weighted by atomic mass is 10.6. The second-order valence-corrected chi connectivity index (χ2v) is 2.97. The van der Waals surface area contributed by atoms with Crippen LogP contribution >= 0.6 is 0 Å². The van der Waals surface area contributed by atoms with Crippen LogP contribution in [0.1, 0.15) is 0 Å². The van der Waals surface area contributed by atoms with E-state index in [1.54, 1.807) is 0 Å². The first-order valence-electron chi connectivity index (χ1n) is 2.96. The molecule has 0 bridgehead atoms. The van der Waals surface area contributed by atoms with Gasteiger partial charge in [-0.1, -0.05) is 0 Å². The maximum atomic E-state index is 9.36. The number of hydrogen-bond donors (Lipinski definition) is 1. The molecular formula is C5H14O4Si. The fourth-order valence-corrected chi connectivity index (χ4v) is 1.04. The van der Waals surface area contributed by atoms with Gasteiger partial charge in [0.05, 0.1) is 0 Å². The Hall–Kier alpha value is 0.0569. The molecule has 0 aliphatic carbocycles. The zero-order chi connectivity index (χ0) is 8.20. The van der Waals surface area contributed by atoms with Crippen molar-refractivity contribution in [3.8, 4) is 0 Å². The predicted molar refractivity (Wildman–Crippen MR) is 39.7 cm³/mol. The van der Waals surface area contributed by atoms with E-state index in [0.717, 1.165) is 0 Å². The molecule has 0 aliphatic heterocycles. The highest BCUT2D eigenvalue weighted by Gasteiger charge is 2.33. The maximum absolute atomic E-state index is 9.36. The second kappa shape index (κ2) is 4.04. The first-order valence-corrected chi connectivity index (χ1v) is 4.11. The van der Waals surface area contributed by atoms with Crippen LogP contribution in [0, 0.1) is 0 Å². The molecule has 62 valence electrons. The summed E-state index contributed by atoms with van der Waals surface area (Å²) in [6.07, 6.45) is 0. The molecule has 0 fully saturated rings. The Bertz CT molecular complexity index is 93.6. The third-order valence-corrected chi connectivity index (χ3v) is 2.65. The van der Waals surface area contributed by atoms with Crippen molar-refractivity contribution in [2.75, 3.05) is 21.3 Å². The van der Waals surface area contributed by atoms with Gasteiger partial charge in [-0.15, -0.1) is 0 Å². The van der Waals surface area contributed by atoms with E-state index in [2.05, 4.69) is 9.47 Å². The number of hydrogen-bond acceptors (Lipinski definition) is 4. The van der Waals surface area contributed by atoms with Crippen molar-refractivity contribution in [1.82, 2.24) is 0 Å². The molecule has 0 radical (unpaired) electrons. The quantitative estimate of drug-likeness (QED) is 0.398. The molecular weight excluding hydrogens is 152 g/mol. The number of methoxy groups -OCH3 is 3. The molecule has 0 saturated heterocycles. The lowest BCUT2D eigenvalue weighted by molar-refractivity contribution is -0.365. The van der Waals surface area contributed by atoms with Crippen molar-refractivity contribution in [2.24, 2.45) is 0 Å². The minimum Gasteiger partial charge on any atom is -0.378 e. The molecule has 0 rings (SSSR count). The Morgan fingerprint density at radius 2 is 1.70 bits per heavy atom. The van der Waals surface area contributed by atoms with Gasteiger partial charge in [-0.05, 0) is 0 Å². The number of aliphatic hydroxyl groups is 1. The molecule has 4 nitrogen and oxygen atoms in total. The smallest absolute Gasteiger partial charge is 0.303 e. The molecule has 1 N–H and O–H groups in total. The Morgan fingerprint density at radius 3 is 1.80 bits per heavy atom. The largest absolute Gasteiger partial charge is 0.378 e. The van der Waals surface area contributed by atoms with Gasteiger partial charge in [0.25, 0.3) is 0 Å². The van der Waals surface area contributed by atoms with Gasteiger partial charge in [0.2, 0.25) is 0 Å². The normalized spacial score (nSPS) is 15.6. The van der Waals surface area contributed by atoms with E-state index < -0.39 is 5.97 Å². The van der Waals surface area contributed by atoms with Crippen molar-refractivity contribution in [1.29, 1.82) is 0 Å². The van der Waals surface area contributed by atoms with Crippen LogP contribution in [0.15, 0.2) is 0 Å². The fourth-order valence-electron chi connectivity index (χ4n) is 0.564. The van der Waals surface area contributed by atoms with E-state index in [1.807, 2.05) is 0 Å². The van der Waals surface area contributed by atoms with Crippen LogP contribution in [0.5, 0.6) is 0 Å². The Labute approximate surface area is 63.5 Å². The first kappa shape index (κ1) is 10.1. The fraction of sp³-hybridized carbons (Fsp3) is 1.00. The molecule has 0 aromatic carbocycles. The van der Waals surface area contributed by atoms with Crippen LogP contribution in [0.25, 0.3) is 0 Å².